The van der Waals surface area contributed by atoms with Gasteiger partial charge in [0.2, 0.25) is 0 Å². The highest BCUT2D eigenvalue weighted by molar-refractivity contribution is 5.85. The van der Waals surface area contributed by atoms with Crippen LogP contribution in [0.1, 0.15) is 18.4 Å². The number of nitrogens with one attached hydrogen (secondary N) is 2. The van der Waals surface area contributed by atoms with E-state index in [1.54, 1.807) is 0 Å². The highest BCUT2D eigenvalue weighted by Gasteiger charge is 2.39. The first-order chi connectivity index (χ1) is 13.3. The molecule has 0 saturated carbocycles. The summed E-state index contributed by atoms with van der Waals surface area (Å²) in [6, 6.07) is 17.1. The minimum atomic E-state index is -0.310. The Morgan fingerprint density at radius 3 is 2.48 bits per heavy atom. The highest BCUT2D eigenvalue weighted by atomic mass is 16.7. The fourth-order valence-corrected chi connectivity index (χ4v) is 4.16. The van der Waals surface area contributed by atoms with Crippen molar-refractivity contribution in [2.45, 2.75) is 18.6 Å². The Balaban J connectivity index is 1.22. The van der Waals surface area contributed by atoms with Crippen molar-refractivity contribution in [2.24, 2.45) is 0 Å². The van der Waals surface area contributed by atoms with Crippen LogP contribution in [0.3, 0.4) is 0 Å². The molecule has 2 aromatic rings. The molecule has 1 spiro atoms. The topological polar surface area (TPSA) is 45.8 Å². The van der Waals surface area contributed by atoms with Crippen LogP contribution in [0.2, 0.25) is 0 Å². The van der Waals surface area contributed by atoms with E-state index in [1.807, 2.05) is 0 Å². The van der Waals surface area contributed by atoms with Gasteiger partial charge in [0.25, 0.3) is 0 Å². The van der Waals surface area contributed by atoms with E-state index >= 15 is 0 Å². The normalized spacial score (nSPS) is 22.1. The standard InChI is InChI=1S/C22H25N3O2/c1-2-4-21-20(3-1)17(16-24-21)15-23-18-5-7-19(8-6-18)25-11-9-22(10-12-25)26-13-14-27-22/h1-8,15,23-24H,9-14,16H2. The van der Waals surface area contributed by atoms with Gasteiger partial charge in [0.15, 0.2) is 5.79 Å². The number of benzene rings is 2. The minimum Gasteiger partial charge on any atom is -0.380 e. The molecule has 5 heteroatoms. The number of hydrogen-bond acceptors (Lipinski definition) is 5. The number of rotatable bonds is 3. The molecule has 0 aromatic heterocycles. The Labute approximate surface area is 160 Å². The summed E-state index contributed by atoms with van der Waals surface area (Å²) < 4.78 is 11.6. The molecule has 5 nitrogen and oxygen atoms in total. The van der Waals surface area contributed by atoms with Crippen LogP contribution in [0.15, 0.2) is 54.7 Å². The molecule has 5 rings (SSSR count). The van der Waals surface area contributed by atoms with Crippen molar-refractivity contribution in [1.82, 2.24) is 0 Å². The lowest BCUT2D eigenvalue weighted by atomic mass is 10.0. The van der Waals surface area contributed by atoms with Crippen molar-refractivity contribution in [3.05, 3.63) is 60.3 Å². The van der Waals surface area contributed by atoms with E-state index in [0.29, 0.717) is 0 Å². The van der Waals surface area contributed by atoms with E-state index in [-0.39, 0.29) is 5.79 Å². The zero-order valence-corrected chi connectivity index (χ0v) is 15.4. The minimum absolute atomic E-state index is 0.310. The maximum Gasteiger partial charge on any atom is 0.171 e. The van der Waals surface area contributed by atoms with Crippen LogP contribution < -0.4 is 15.5 Å². The van der Waals surface area contributed by atoms with Crippen molar-refractivity contribution in [3.8, 4) is 0 Å². The number of piperidine rings is 1. The molecule has 140 valence electrons. The Morgan fingerprint density at radius 2 is 1.70 bits per heavy atom. The molecule has 2 fully saturated rings. The summed E-state index contributed by atoms with van der Waals surface area (Å²) >= 11 is 0. The monoisotopic (exact) mass is 363 g/mol. The zero-order chi connectivity index (χ0) is 18.1. The van der Waals surface area contributed by atoms with Crippen LogP contribution in [-0.4, -0.2) is 38.6 Å². The molecule has 0 unspecified atom stereocenters. The predicted octanol–water partition coefficient (Wildman–Crippen LogP) is 3.91. The lowest BCUT2D eigenvalue weighted by Gasteiger charge is -2.38. The van der Waals surface area contributed by atoms with E-state index in [2.05, 4.69) is 70.3 Å². The summed E-state index contributed by atoms with van der Waals surface area (Å²) in [6.45, 7) is 4.27. The molecular weight excluding hydrogens is 338 g/mol. The third-order valence-electron chi connectivity index (χ3n) is 5.73. The molecule has 3 aliphatic rings. The Hall–Kier alpha value is -2.50. The summed E-state index contributed by atoms with van der Waals surface area (Å²) in [6.07, 6.45) is 3.98. The van der Waals surface area contributed by atoms with Crippen LogP contribution in [0.25, 0.3) is 5.57 Å². The van der Waals surface area contributed by atoms with Crippen LogP contribution in [0, 0.1) is 0 Å². The second kappa shape index (κ2) is 6.91. The van der Waals surface area contributed by atoms with Gasteiger partial charge in [-0.05, 0) is 35.9 Å². The fourth-order valence-electron chi connectivity index (χ4n) is 4.16. The number of nitrogens with zero attached hydrogens (tertiary/aromatic N) is 1. The highest BCUT2D eigenvalue weighted by Crippen LogP contribution is 2.34. The number of ether oxygens (including phenoxy) is 2. The van der Waals surface area contributed by atoms with E-state index in [0.717, 1.165) is 51.4 Å². The molecule has 0 atom stereocenters. The van der Waals surface area contributed by atoms with Crippen molar-refractivity contribution in [2.75, 3.05) is 48.4 Å². The lowest BCUT2D eigenvalue weighted by molar-refractivity contribution is -0.169. The van der Waals surface area contributed by atoms with Gasteiger partial charge < -0.3 is 25.0 Å². The average Bonchev–Trinajstić information content (AvgIpc) is 3.35. The van der Waals surface area contributed by atoms with Gasteiger partial charge in [0.05, 0.1) is 13.2 Å². The third kappa shape index (κ3) is 3.29. The first-order valence-corrected chi connectivity index (χ1v) is 9.73. The van der Waals surface area contributed by atoms with Gasteiger partial charge in [-0.2, -0.15) is 0 Å². The van der Waals surface area contributed by atoms with Crippen LogP contribution >= 0.6 is 0 Å². The second-order valence-electron chi connectivity index (χ2n) is 7.35. The number of fused-ring (bicyclic) bond motifs is 1. The molecule has 3 aliphatic heterocycles. The summed E-state index contributed by atoms with van der Waals surface area (Å²) in [4.78, 5) is 2.41. The Bertz CT molecular complexity index is 831. The van der Waals surface area contributed by atoms with Crippen molar-refractivity contribution in [3.63, 3.8) is 0 Å². The van der Waals surface area contributed by atoms with Gasteiger partial charge in [-0.1, -0.05) is 18.2 Å². The SMILES string of the molecule is C(Nc1ccc(N2CCC3(CC2)OCCO3)cc1)=C1CNc2ccccc21. The van der Waals surface area contributed by atoms with Gasteiger partial charge >= 0.3 is 0 Å². The lowest BCUT2D eigenvalue weighted by Crippen LogP contribution is -2.45. The molecule has 2 N–H and O–H groups in total. The smallest absolute Gasteiger partial charge is 0.171 e. The summed E-state index contributed by atoms with van der Waals surface area (Å²) in [7, 11) is 0. The number of hydrogen-bond donors (Lipinski definition) is 2. The van der Waals surface area contributed by atoms with Crippen molar-refractivity contribution < 1.29 is 9.47 Å². The molecule has 3 heterocycles. The average molecular weight is 363 g/mol. The van der Waals surface area contributed by atoms with E-state index in [1.165, 1.54) is 22.5 Å². The summed E-state index contributed by atoms with van der Waals surface area (Å²) in [5.41, 5.74) is 6.13. The molecule has 0 radical (unpaired) electrons. The van der Waals surface area contributed by atoms with Gasteiger partial charge in [-0.15, -0.1) is 0 Å². The molecular formula is C22H25N3O2. The number of para-hydroxylation sites is 1. The van der Waals surface area contributed by atoms with Crippen molar-refractivity contribution in [1.29, 1.82) is 0 Å². The summed E-state index contributed by atoms with van der Waals surface area (Å²) in [5, 5.41) is 6.86. The van der Waals surface area contributed by atoms with Gasteiger partial charge in [0.1, 0.15) is 0 Å². The summed E-state index contributed by atoms with van der Waals surface area (Å²) in [5.74, 6) is -0.310. The van der Waals surface area contributed by atoms with Crippen LogP contribution in [-0.2, 0) is 9.47 Å². The first kappa shape index (κ1) is 16.7. The molecule has 2 saturated heterocycles. The molecule has 0 aliphatic carbocycles. The van der Waals surface area contributed by atoms with Gasteiger partial charge in [0, 0.05) is 61.3 Å². The van der Waals surface area contributed by atoms with E-state index in [4.69, 9.17) is 9.47 Å². The number of anilines is 3. The third-order valence-corrected chi connectivity index (χ3v) is 5.73. The second-order valence-corrected chi connectivity index (χ2v) is 7.35. The first-order valence-electron chi connectivity index (χ1n) is 9.73. The Morgan fingerprint density at radius 1 is 0.963 bits per heavy atom. The zero-order valence-electron chi connectivity index (χ0n) is 15.4. The van der Waals surface area contributed by atoms with Crippen LogP contribution in [0.4, 0.5) is 17.1 Å². The van der Waals surface area contributed by atoms with Gasteiger partial charge in [-0.25, -0.2) is 0 Å². The van der Waals surface area contributed by atoms with E-state index < -0.39 is 0 Å². The van der Waals surface area contributed by atoms with Crippen LogP contribution in [0.5, 0.6) is 0 Å². The van der Waals surface area contributed by atoms with Gasteiger partial charge in [-0.3, -0.25) is 0 Å². The van der Waals surface area contributed by atoms with E-state index in [9.17, 15) is 0 Å². The maximum absolute atomic E-state index is 5.82. The van der Waals surface area contributed by atoms with Crippen molar-refractivity contribution >= 4 is 22.6 Å². The largest absolute Gasteiger partial charge is 0.380 e. The molecule has 2 aromatic carbocycles. The maximum atomic E-state index is 5.82. The quantitative estimate of drug-likeness (QED) is 0.866. The predicted molar refractivity (Wildman–Crippen MR) is 109 cm³/mol. The molecule has 0 bridgehead atoms. The Kier molecular flexibility index (Phi) is 4.26. The fraction of sp³-hybridized carbons (Fsp3) is 0.364. The molecule has 0 amide bonds. The molecule has 27 heavy (non-hydrogen) atoms.